The van der Waals surface area contributed by atoms with Crippen molar-refractivity contribution in [1.82, 2.24) is 29.4 Å². The third kappa shape index (κ3) is 4.85. The van der Waals surface area contributed by atoms with Crippen molar-refractivity contribution in [2.75, 3.05) is 19.3 Å². The van der Waals surface area contributed by atoms with Gasteiger partial charge in [-0.3, -0.25) is 0 Å². The standard InChI is InChI=1S/C27H32F3N7O2/c1-36(12-15-10-21(24(39)23(15)38)37-7-6-18-25(31)32-13-33-26(18)37)17-8-14(9-17)2-5-22-34-19-4-3-16(27(28,29)30)11-20(19)35-22/h3-4,6-7,11,13-15,17,21,23-24,38-39H,2,5,8-10,12H2,1H3,(H,34,35)(H2,31,32,33). The van der Waals surface area contributed by atoms with Crippen LogP contribution in [0.3, 0.4) is 0 Å². The Morgan fingerprint density at radius 2 is 1.92 bits per heavy atom. The number of alkyl halides is 3. The fourth-order valence-electron chi connectivity index (χ4n) is 6.32. The molecule has 2 aliphatic carbocycles. The molecule has 4 atom stereocenters. The number of aromatic nitrogens is 5. The zero-order chi connectivity index (χ0) is 27.5. The number of imidazole rings is 1. The number of aromatic amines is 1. The van der Waals surface area contributed by atoms with Crippen LogP contribution in [0.25, 0.3) is 22.1 Å². The molecule has 2 saturated carbocycles. The lowest BCUT2D eigenvalue weighted by molar-refractivity contribution is -0.137. The Labute approximate surface area is 222 Å². The van der Waals surface area contributed by atoms with E-state index < -0.39 is 23.9 Å². The number of H-pyrrole nitrogens is 1. The minimum absolute atomic E-state index is 0.0807. The average molecular weight is 544 g/mol. The van der Waals surface area contributed by atoms with Gasteiger partial charge >= 0.3 is 6.18 Å². The number of nitrogens with one attached hydrogen (secondary N) is 1. The van der Waals surface area contributed by atoms with E-state index in [9.17, 15) is 23.4 Å². The number of nitrogen functional groups attached to an aromatic ring is 1. The summed E-state index contributed by atoms with van der Waals surface area (Å²) in [5.41, 5.74) is 6.87. The van der Waals surface area contributed by atoms with Gasteiger partial charge in [0.15, 0.2) is 0 Å². The number of benzene rings is 1. The molecule has 0 bridgehead atoms. The molecule has 3 heterocycles. The van der Waals surface area contributed by atoms with Crippen molar-refractivity contribution in [1.29, 1.82) is 0 Å². The Kier molecular flexibility index (Phi) is 6.51. The lowest BCUT2D eigenvalue weighted by Crippen LogP contribution is -2.46. The molecule has 4 aromatic rings. The van der Waals surface area contributed by atoms with Crippen LogP contribution in [-0.2, 0) is 12.6 Å². The highest BCUT2D eigenvalue weighted by Crippen LogP contribution is 2.40. The highest BCUT2D eigenvalue weighted by Gasteiger charge is 2.44. The SMILES string of the molecule is CN(CC1CC(n2ccc3c(N)ncnc32)C(O)C1O)C1CC(CCc2nc3cc(C(F)(F)F)ccc3[nH]2)C1. The third-order valence-electron chi connectivity index (χ3n) is 8.67. The van der Waals surface area contributed by atoms with Crippen LogP contribution in [0.4, 0.5) is 19.0 Å². The molecule has 0 radical (unpaired) electrons. The van der Waals surface area contributed by atoms with Crippen LogP contribution in [0.1, 0.15) is 43.1 Å². The number of nitrogens with zero attached hydrogens (tertiary/aromatic N) is 5. The van der Waals surface area contributed by atoms with E-state index in [1.165, 1.54) is 12.4 Å². The maximum atomic E-state index is 13.0. The molecule has 4 unspecified atom stereocenters. The average Bonchev–Trinajstić information content (AvgIpc) is 3.54. The number of hydrogen-bond acceptors (Lipinski definition) is 7. The second-order valence-electron chi connectivity index (χ2n) is 11.1. The molecule has 12 heteroatoms. The van der Waals surface area contributed by atoms with E-state index >= 15 is 0 Å². The van der Waals surface area contributed by atoms with E-state index in [0.717, 1.165) is 36.8 Å². The summed E-state index contributed by atoms with van der Waals surface area (Å²) in [5, 5.41) is 22.4. The molecule has 39 heavy (non-hydrogen) atoms. The summed E-state index contributed by atoms with van der Waals surface area (Å²) < 4.78 is 40.8. The minimum Gasteiger partial charge on any atom is -0.390 e. The van der Waals surface area contributed by atoms with Crippen LogP contribution in [-0.4, -0.2) is 71.5 Å². The van der Waals surface area contributed by atoms with Gasteiger partial charge in [0, 0.05) is 31.1 Å². The van der Waals surface area contributed by atoms with Gasteiger partial charge in [0.1, 0.15) is 29.7 Å². The van der Waals surface area contributed by atoms with E-state index in [1.54, 1.807) is 0 Å². The predicted octanol–water partition coefficient (Wildman–Crippen LogP) is 3.53. The summed E-state index contributed by atoms with van der Waals surface area (Å²) in [4.78, 5) is 18.1. The van der Waals surface area contributed by atoms with Gasteiger partial charge in [-0.25, -0.2) is 15.0 Å². The van der Waals surface area contributed by atoms with Gasteiger partial charge in [0.05, 0.1) is 34.1 Å². The monoisotopic (exact) mass is 543 g/mol. The topological polar surface area (TPSA) is 129 Å². The van der Waals surface area contributed by atoms with Crippen molar-refractivity contribution in [2.45, 2.75) is 62.6 Å². The lowest BCUT2D eigenvalue weighted by atomic mass is 9.76. The summed E-state index contributed by atoms with van der Waals surface area (Å²) in [6.07, 6.45) is 1.38. The zero-order valence-corrected chi connectivity index (χ0v) is 21.5. The van der Waals surface area contributed by atoms with Crippen molar-refractivity contribution < 1.29 is 23.4 Å². The van der Waals surface area contributed by atoms with E-state index in [-0.39, 0.29) is 12.0 Å². The Hall–Kier alpha value is -3.22. The van der Waals surface area contributed by atoms with Crippen LogP contribution in [0.15, 0.2) is 36.8 Å². The van der Waals surface area contributed by atoms with Crippen molar-refractivity contribution in [3.05, 3.63) is 48.2 Å². The molecule has 1 aromatic carbocycles. The Morgan fingerprint density at radius 3 is 2.69 bits per heavy atom. The van der Waals surface area contributed by atoms with E-state index in [1.807, 2.05) is 16.8 Å². The molecular weight excluding hydrogens is 511 g/mol. The maximum absolute atomic E-state index is 13.0. The number of aliphatic hydroxyl groups is 2. The maximum Gasteiger partial charge on any atom is 0.416 e. The molecule has 0 aliphatic heterocycles. The van der Waals surface area contributed by atoms with Crippen LogP contribution in [0, 0.1) is 11.8 Å². The van der Waals surface area contributed by atoms with Crippen molar-refractivity contribution in [3.63, 3.8) is 0 Å². The summed E-state index contributed by atoms with van der Waals surface area (Å²) >= 11 is 0. The highest BCUT2D eigenvalue weighted by molar-refractivity contribution is 5.86. The van der Waals surface area contributed by atoms with Gasteiger partial charge in [-0.1, -0.05) is 0 Å². The highest BCUT2D eigenvalue weighted by atomic mass is 19.4. The predicted molar refractivity (Wildman–Crippen MR) is 140 cm³/mol. The summed E-state index contributed by atoms with van der Waals surface area (Å²) in [6.45, 7) is 0.674. The molecule has 2 aliphatic rings. The van der Waals surface area contributed by atoms with Crippen molar-refractivity contribution in [2.24, 2.45) is 11.8 Å². The second-order valence-corrected chi connectivity index (χ2v) is 11.1. The summed E-state index contributed by atoms with van der Waals surface area (Å²) in [7, 11) is 2.06. The van der Waals surface area contributed by atoms with Gasteiger partial charge in [-0.15, -0.1) is 0 Å². The fourth-order valence-corrected chi connectivity index (χ4v) is 6.32. The van der Waals surface area contributed by atoms with Crippen LogP contribution in [0.5, 0.6) is 0 Å². The molecule has 9 nitrogen and oxygen atoms in total. The molecule has 3 aromatic heterocycles. The second kappa shape index (κ2) is 9.76. The molecule has 5 N–H and O–H groups in total. The Bertz CT molecular complexity index is 1480. The van der Waals surface area contributed by atoms with Crippen LogP contribution >= 0.6 is 0 Å². The van der Waals surface area contributed by atoms with Gasteiger partial charge in [-0.2, -0.15) is 13.2 Å². The summed E-state index contributed by atoms with van der Waals surface area (Å²) in [5.74, 6) is 1.53. The van der Waals surface area contributed by atoms with E-state index in [2.05, 4.69) is 31.9 Å². The first kappa shape index (κ1) is 26.0. The molecule has 6 rings (SSSR count). The van der Waals surface area contributed by atoms with Crippen molar-refractivity contribution in [3.8, 4) is 0 Å². The normalized spacial score (nSPS) is 27.6. The van der Waals surface area contributed by atoms with Gasteiger partial charge in [-0.05, 0) is 62.9 Å². The quantitative estimate of drug-likeness (QED) is 0.281. The molecular formula is C27H32F3N7O2. The summed E-state index contributed by atoms with van der Waals surface area (Å²) in [6, 6.07) is 5.53. The zero-order valence-electron chi connectivity index (χ0n) is 21.5. The smallest absolute Gasteiger partial charge is 0.390 e. The lowest BCUT2D eigenvalue weighted by Gasteiger charge is -2.42. The number of anilines is 1. The third-order valence-corrected chi connectivity index (χ3v) is 8.67. The number of fused-ring (bicyclic) bond motifs is 2. The number of aliphatic hydroxyl groups excluding tert-OH is 2. The van der Waals surface area contributed by atoms with Crippen LogP contribution in [0.2, 0.25) is 0 Å². The molecule has 0 spiro atoms. The van der Waals surface area contributed by atoms with Gasteiger partial charge in [0.2, 0.25) is 0 Å². The van der Waals surface area contributed by atoms with Crippen LogP contribution < -0.4 is 5.73 Å². The number of hydrogen-bond donors (Lipinski definition) is 4. The number of halogens is 3. The number of aryl methyl sites for hydroxylation is 1. The fraction of sp³-hybridized carbons (Fsp3) is 0.519. The van der Waals surface area contributed by atoms with Crippen molar-refractivity contribution >= 4 is 27.9 Å². The van der Waals surface area contributed by atoms with Gasteiger partial charge in [0.25, 0.3) is 0 Å². The van der Waals surface area contributed by atoms with E-state index in [0.29, 0.717) is 59.7 Å². The Morgan fingerprint density at radius 1 is 1.13 bits per heavy atom. The number of rotatable bonds is 7. The van der Waals surface area contributed by atoms with E-state index in [4.69, 9.17) is 5.73 Å². The first-order valence-electron chi connectivity index (χ1n) is 13.3. The molecule has 208 valence electrons. The first-order valence-corrected chi connectivity index (χ1v) is 13.3. The first-order chi connectivity index (χ1) is 18.6. The largest absolute Gasteiger partial charge is 0.416 e. The molecule has 0 amide bonds. The van der Waals surface area contributed by atoms with Gasteiger partial charge < -0.3 is 30.4 Å². The Balaban J connectivity index is 1.01. The minimum atomic E-state index is -4.38. The number of nitrogens with two attached hydrogens (primary N) is 1. The molecule has 2 fully saturated rings. The molecule has 0 saturated heterocycles.